The van der Waals surface area contributed by atoms with Gasteiger partial charge in [-0.05, 0) is 38.5 Å². The van der Waals surface area contributed by atoms with Gasteiger partial charge in [-0.25, -0.2) is 0 Å². The molecule has 1 rings (SSSR count). The van der Waals surface area contributed by atoms with Crippen LogP contribution in [0.3, 0.4) is 0 Å². The van der Waals surface area contributed by atoms with E-state index in [-0.39, 0.29) is 11.3 Å². The van der Waals surface area contributed by atoms with E-state index in [9.17, 15) is 4.79 Å². The average molecular weight is 238 g/mol. The van der Waals surface area contributed by atoms with Crippen molar-refractivity contribution in [2.45, 2.75) is 52.4 Å². The van der Waals surface area contributed by atoms with Crippen molar-refractivity contribution in [3.63, 3.8) is 0 Å². The van der Waals surface area contributed by atoms with Crippen LogP contribution in [0.2, 0.25) is 0 Å². The number of carbonyl (C=O) groups is 1. The van der Waals surface area contributed by atoms with Crippen LogP contribution in [0.5, 0.6) is 0 Å². The molecule has 98 valence electrons. The molecular weight excluding hydrogens is 212 g/mol. The molecule has 0 aromatic rings. The van der Waals surface area contributed by atoms with E-state index in [1.165, 1.54) is 24.8 Å². The van der Waals surface area contributed by atoms with Gasteiger partial charge < -0.3 is 11.1 Å². The lowest BCUT2D eigenvalue weighted by atomic mass is 9.81. The molecule has 0 aromatic heterocycles. The number of nitrogens with one attached hydrogen (secondary N) is 1. The fraction of sp³-hybridized carbons (Fsp3) is 0.786. The second-order valence-corrected chi connectivity index (χ2v) is 4.95. The molecule has 0 bridgehead atoms. The molecule has 0 atom stereocenters. The van der Waals surface area contributed by atoms with Gasteiger partial charge in [0, 0.05) is 13.1 Å². The normalized spacial score (nSPS) is 15.8. The van der Waals surface area contributed by atoms with E-state index in [1.807, 2.05) is 13.8 Å². The van der Waals surface area contributed by atoms with Crippen LogP contribution >= 0.6 is 0 Å². The van der Waals surface area contributed by atoms with Crippen molar-refractivity contribution in [1.82, 2.24) is 5.32 Å². The predicted molar refractivity (Wildman–Crippen MR) is 71.6 cm³/mol. The lowest BCUT2D eigenvalue weighted by Crippen LogP contribution is -2.45. The molecule has 0 fully saturated rings. The van der Waals surface area contributed by atoms with E-state index in [0.717, 1.165) is 25.8 Å². The number of carbonyl (C=O) groups excluding carboxylic acids is 1. The van der Waals surface area contributed by atoms with Gasteiger partial charge in [0.15, 0.2) is 0 Å². The van der Waals surface area contributed by atoms with Crippen LogP contribution in [0.25, 0.3) is 0 Å². The van der Waals surface area contributed by atoms with Crippen LogP contribution in [0.15, 0.2) is 11.6 Å². The van der Waals surface area contributed by atoms with Crippen molar-refractivity contribution in [2.24, 2.45) is 11.1 Å². The van der Waals surface area contributed by atoms with Crippen molar-refractivity contribution < 1.29 is 4.79 Å². The first-order chi connectivity index (χ1) is 8.18. The number of nitrogens with two attached hydrogens (primary N) is 1. The summed E-state index contributed by atoms with van der Waals surface area (Å²) in [5.74, 6) is 0.128. The Kier molecular flexibility index (Phi) is 5.69. The second-order valence-electron chi connectivity index (χ2n) is 4.95. The molecule has 0 saturated heterocycles. The molecule has 0 heterocycles. The molecule has 1 aliphatic rings. The van der Waals surface area contributed by atoms with Gasteiger partial charge in [-0.15, -0.1) is 0 Å². The topological polar surface area (TPSA) is 55.1 Å². The number of rotatable bonds is 7. The quantitative estimate of drug-likeness (QED) is 0.669. The third kappa shape index (κ3) is 3.56. The SMILES string of the molecule is CCC(CC)(CN)C(=O)NCCC1=CCCC1. The van der Waals surface area contributed by atoms with Crippen LogP contribution in [-0.2, 0) is 4.79 Å². The first-order valence-electron chi connectivity index (χ1n) is 6.84. The molecule has 3 heteroatoms. The van der Waals surface area contributed by atoms with Gasteiger partial charge in [-0.2, -0.15) is 0 Å². The summed E-state index contributed by atoms with van der Waals surface area (Å²) in [4.78, 5) is 12.1. The summed E-state index contributed by atoms with van der Waals surface area (Å²) < 4.78 is 0. The minimum Gasteiger partial charge on any atom is -0.355 e. The molecule has 0 radical (unpaired) electrons. The summed E-state index contributed by atoms with van der Waals surface area (Å²) in [5.41, 5.74) is 6.89. The van der Waals surface area contributed by atoms with E-state index in [4.69, 9.17) is 5.73 Å². The third-order valence-electron chi connectivity index (χ3n) is 4.09. The summed E-state index contributed by atoms with van der Waals surface area (Å²) in [6.45, 7) is 5.27. The molecule has 0 aromatic carbocycles. The van der Waals surface area contributed by atoms with Crippen LogP contribution in [0.4, 0.5) is 0 Å². The molecule has 3 nitrogen and oxygen atoms in total. The summed E-state index contributed by atoms with van der Waals surface area (Å²) in [6, 6.07) is 0. The fourth-order valence-electron chi connectivity index (χ4n) is 2.44. The highest BCUT2D eigenvalue weighted by Gasteiger charge is 2.32. The zero-order chi connectivity index (χ0) is 12.7. The Balaban J connectivity index is 2.36. The molecule has 0 unspecified atom stereocenters. The molecule has 1 amide bonds. The Morgan fingerprint density at radius 3 is 2.65 bits per heavy atom. The largest absolute Gasteiger partial charge is 0.355 e. The van der Waals surface area contributed by atoms with Crippen molar-refractivity contribution in [3.8, 4) is 0 Å². The number of amides is 1. The van der Waals surface area contributed by atoms with Crippen LogP contribution in [0, 0.1) is 5.41 Å². The summed E-state index contributed by atoms with van der Waals surface area (Å²) in [7, 11) is 0. The van der Waals surface area contributed by atoms with Crippen LogP contribution < -0.4 is 11.1 Å². The van der Waals surface area contributed by atoms with Gasteiger partial charge in [-0.1, -0.05) is 25.5 Å². The number of allylic oxidation sites excluding steroid dienone is 1. The highest BCUT2D eigenvalue weighted by atomic mass is 16.2. The highest BCUT2D eigenvalue weighted by Crippen LogP contribution is 2.25. The Labute approximate surface area is 105 Å². The molecule has 17 heavy (non-hydrogen) atoms. The minimum atomic E-state index is -0.357. The lowest BCUT2D eigenvalue weighted by molar-refractivity contribution is -0.131. The van der Waals surface area contributed by atoms with E-state index >= 15 is 0 Å². The van der Waals surface area contributed by atoms with E-state index in [0.29, 0.717) is 6.54 Å². The van der Waals surface area contributed by atoms with Gasteiger partial charge >= 0.3 is 0 Å². The molecule has 3 N–H and O–H groups in total. The van der Waals surface area contributed by atoms with Crippen molar-refractivity contribution in [3.05, 3.63) is 11.6 Å². The van der Waals surface area contributed by atoms with Gasteiger partial charge in [-0.3, -0.25) is 4.79 Å². The average Bonchev–Trinajstić information content (AvgIpc) is 2.85. The van der Waals surface area contributed by atoms with Crippen molar-refractivity contribution in [1.29, 1.82) is 0 Å². The first kappa shape index (κ1) is 14.2. The standard InChI is InChI=1S/C14H26N2O/c1-3-14(4-2,11-15)13(17)16-10-9-12-7-5-6-8-12/h7H,3-6,8-11,15H2,1-2H3,(H,16,17). The number of hydrogen-bond acceptors (Lipinski definition) is 2. The lowest BCUT2D eigenvalue weighted by Gasteiger charge is -2.28. The van der Waals surface area contributed by atoms with Crippen LogP contribution in [-0.4, -0.2) is 19.0 Å². The van der Waals surface area contributed by atoms with Crippen molar-refractivity contribution in [2.75, 3.05) is 13.1 Å². The predicted octanol–water partition coefficient (Wildman–Crippen LogP) is 2.37. The molecule has 0 spiro atoms. The Morgan fingerprint density at radius 1 is 1.47 bits per heavy atom. The van der Waals surface area contributed by atoms with Gasteiger partial charge in [0.1, 0.15) is 0 Å². The van der Waals surface area contributed by atoms with Gasteiger partial charge in [0.05, 0.1) is 5.41 Å². The maximum absolute atomic E-state index is 12.1. The summed E-state index contributed by atoms with van der Waals surface area (Å²) in [5, 5.41) is 3.04. The van der Waals surface area contributed by atoms with E-state index in [2.05, 4.69) is 11.4 Å². The fourth-order valence-corrected chi connectivity index (χ4v) is 2.44. The third-order valence-corrected chi connectivity index (χ3v) is 4.09. The molecule has 0 aliphatic heterocycles. The maximum atomic E-state index is 12.1. The smallest absolute Gasteiger partial charge is 0.227 e. The first-order valence-corrected chi connectivity index (χ1v) is 6.84. The number of hydrogen-bond donors (Lipinski definition) is 2. The minimum absolute atomic E-state index is 0.128. The van der Waals surface area contributed by atoms with Crippen LogP contribution in [0.1, 0.15) is 52.4 Å². The van der Waals surface area contributed by atoms with Crippen molar-refractivity contribution >= 4 is 5.91 Å². The Morgan fingerprint density at radius 2 is 2.18 bits per heavy atom. The summed E-state index contributed by atoms with van der Waals surface area (Å²) in [6.07, 6.45) is 8.63. The molecule has 0 saturated carbocycles. The Hall–Kier alpha value is -0.830. The highest BCUT2D eigenvalue weighted by molar-refractivity contribution is 5.82. The molecular formula is C14H26N2O. The zero-order valence-corrected chi connectivity index (χ0v) is 11.2. The second kappa shape index (κ2) is 6.80. The Bertz CT molecular complexity index is 272. The van der Waals surface area contributed by atoms with Gasteiger partial charge in [0.2, 0.25) is 5.91 Å². The van der Waals surface area contributed by atoms with E-state index < -0.39 is 0 Å². The van der Waals surface area contributed by atoms with E-state index in [1.54, 1.807) is 0 Å². The van der Waals surface area contributed by atoms with Gasteiger partial charge in [0.25, 0.3) is 0 Å². The maximum Gasteiger partial charge on any atom is 0.227 e. The zero-order valence-electron chi connectivity index (χ0n) is 11.2. The monoisotopic (exact) mass is 238 g/mol. The molecule has 1 aliphatic carbocycles. The summed E-state index contributed by atoms with van der Waals surface area (Å²) >= 11 is 0.